The summed E-state index contributed by atoms with van der Waals surface area (Å²) in [5.74, 6) is -0.388. The van der Waals surface area contributed by atoms with E-state index in [1.165, 1.54) is 89.9 Å². The number of phosphoric ester groups is 1. The molecular formula is C34H67O9P. The lowest BCUT2D eigenvalue weighted by molar-refractivity contribution is -0.154. The van der Waals surface area contributed by atoms with Crippen molar-refractivity contribution in [2.24, 2.45) is 0 Å². The van der Waals surface area contributed by atoms with Crippen molar-refractivity contribution in [1.29, 1.82) is 0 Å². The minimum atomic E-state index is -4.50. The Hall–Kier alpha value is -0.800. The lowest BCUT2D eigenvalue weighted by Gasteiger charge is -2.20. The highest BCUT2D eigenvalue weighted by Crippen LogP contribution is 2.43. The standard InChI is InChI=1S/C34H67O9P/c1-3-5-7-9-11-13-14-15-16-17-19-21-23-25-27-40-30-33(31-42-44(38,39)41-29-32(36)28-35)43-34(37)26-24-22-20-18-12-10-8-6-4-2/h13-14,32-33,35-36H,3-12,15-31H2,1-2H3,(H,38,39)/b14-13-. The largest absolute Gasteiger partial charge is 0.472 e. The van der Waals surface area contributed by atoms with Gasteiger partial charge in [0.15, 0.2) is 0 Å². The number of carbonyl (C=O) groups is 1. The van der Waals surface area contributed by atoms with Crippen molar-refractivity contribution in [2.75, 3.05) is 33.0 Å². The molecule has 0 aromatic rings. The first kappa shape index (κ1) is 43.2. The highest BCUT2D eigenvalue weighted by atomic mass is 31.2. The first-order valence-corrected chi connectivity index (χ1v) is 19.2. The van der Waals surface area contributed by atoms with E-state index in [1.54, 1.807) is 0 Å². The van der Waals surface area contributed by atoms with Gasteiger partial charge in [-0.15, -0.1) is 0 Å². The summed E-state index contributed by atoms with van der Waals surface area (Å²) in [5.41, 5.74) is 0. The van der Waals surface area contributed by atoms with E-state index in [1.807, 2.05) is 0 Å². The molecule has 0 aliphatic rings. The minimum Gasteiger partial charge on any atom is -0.457 e. The summed E-state index contributed by atoms with van der Waals surface area (Å²) >= 11 is 0. The monoisotopic (exact) mass is 650 g/mol. The minimum absolute atomic E-state index is 0.0492. The van der Waals surface area contributed by atoms with E-state index >= 15 is 0 Å². The number of carbonyl (C=O) groups excluding carboxylic acids is 1. The lowest BCUT2D eigenvalue weighted by Crippen LogP contribution is -2.29. The maximum Gasteiger partial charge on any atom is 0.472 e. The topological polar surface area (TPSA) is 132 Å². The SMILES string of the molecule is CCCCCC/C=C\CCCCCCCCOCC(COP(=O)(O)OCC(O)CO)OC(=O)CCCCCCCCCCC. The van der Waals surface area contributed by atoms with Crippen LogP contribution in [0.5, 0.6) is 0 Å². The summed E-state index contributed by atoms with van der Waals surface area (Å²) in [4.78, 5) is 22.3. The average Bonchev–Trinajstić information content (AvgIpc) is 3.01. The normalized spacial score (nSPS) is 14.6. The molecule has 262 valence electrons. The molecule has 44 heavy (non-hydrogen) atoms. The molecule has 0 saturated carbocycles. The van der Waals surface area contributed by atoms with Gasteiger partial charge in [0.05, 0.1) is 26.4 Å². The van der Waals surface area contributed by atoms with Crippen molar-refractivity contribution in [2.45, 2.75) is 167 Å². The first-order chi connectivity index (χ1) is 21.3. The van der Waals surface area contributed by atoms with Gasteiger partial charge in [-0.3, -0.25) is 13.8 Å². The number of aliphatic hydroxyl groups is 2. The molecule has 0 heterocycles. The summed E-state index contributed by atoms with van der Waals surface area (Å²) in [6, 6.07) is 0. The van der Waals surface area contributed by atoms with Crippen LogP contribution in [-0.2, 0) is 27.9 Å². The molecule has 3 atom stereocenters. The first-order valence-electron chi connectivity index (χ1n) is 17.7. The van der Waals surface area contributed by atoms with E-state index in [0.29, 0.717) is 6.61 Å². The quantitative estimate of drug-likeness (QED) is 0.0271. The van der Waals surface area contributed by atoms with Crippen molar-refractivity contribution in [3.63, 3.8) is 0 Å². The van der Waals surface area contributed by atoms with E-state index in [9.17, 15) is 19.4 Å². The van der Waals surface area contributed by atoms with Gasteiger partial charge in [-0.1, -0.05) is 122 Å². The molecule has 0 saturated heterocycles. The third kappa shape index (κ3) is 31.2. The maximum atomic E-state index is 12.4. The third-order valence-corrected chi connectivity index (χ3v) is 8.40. The molecule has 0 rings (SSSR count). The average molecular weight is 651 g/mol. The molecule has 0 radical (unpaired) electrons. The molecule has 0 aliphatic heterocycles. The number of hydrogen-bond donors (Lipinski definition) is 3. The van der Waals surface area contributed by atoms with Crippen LogP contribution in [0.4, 0.5) is 0 Å². The fourth-order valence-electron chi connectivity index (χ4n) is 4.70. The third-order valence-electron chi connectivity index (χ3n) is 7.45. The number of ether oxygens (including phenoxy) is 2. The summed E-state index contributed by atoms with van der Waals surface area (Å²) in [5, 5.41) is 18.2. The van der Waals surface area contributed by atoms with Gasteiger partial charge in [-0.25, -0.2) is 4.57 Å². The number of phosphoric acid groups is 1. The van der Waals surface area contributed by atoms with Crippen molar-refractivity contribution in [3.05, 3.63) is 12.2 Å². The predicted molar refractivity (Wildman–Crippen MR) is 178 cm³/mol. The molecule has 0 spiro atoms. The fourth-order valence-corrected chi connectivity index (χ4v) is 5.49. The number of allylic oxidation sites excluding steroid dienone is 2. The molecule has 9 nitrogen and oxygen atoms in total. The van der Waals surface area contributed by atoms with Gasteiger partial charge in [0.1, 0.15) is 12.2 Å². The number of hydrogen-bond acceptors (Lipinski definition) is 8. The Bertz CT molecular complexity index is 704. The zero-order valence-corrected chi connectivity index (χ0v) is 29.0. The number of esters is 1. The van der Waals surface area contributed by atoms with Crippen LogP contribution in [0.25, 0.3) is 0 Å². The maximum absolute atomic E-state index is 12.4. The Kier molecular flexibility index (Phi) is 31.6. The Morgan fingerprint density at radius 2 is 1.16 bits per heavy atom. The molecule has 3 unspecified atom stereocenters. The number of aliphatic hydroxyl groups excluding tert-OH is 2. The van der Waals surface area contributed by atoms with Crippen molar-refractivity contribution < 1.29 is 43.0 Å². The Balaban J connectivity index is 4.24. The van der Waals surface area contributed by atoms with Crippen LogP contribution in [0, 0.1) is 0 Å². The molecule has 0 amide bonds. The zero-order chi connectivity index (χ0) is 32.6. The second-order valence-electron chi connectivity index (χ2n) is 11.9. The van der Waals surface area contributed by atoms with Gasteiger partial charge in [0, 0.05) is 13.0 Å². The summed E-state index contributed by atoms with van der Waals surface area (Å²) in [6.45, 7) is 3.46. The van der Waals surface area contributed by atoms with E-state index < -0.39 is 33.2 Å². The van der Waals surface area contributed by atoms with E-state index in [-0.39, 0.29) is 25.6 Å². The molecule has 0 aliphatic carbocycles. The molecule has 0 bridgehead atoms. The van der Waals surface area contributed by atoms with Gasteiger partial charge in [0.25, 0.3) is 0 Å². The van der Waals surface area contributed by atoms with E-state index in [2.05, 4.69) is 26.0 Å². The highest BCUT2D eigenvalue weighted by Gasteiger charge is 2.26. The molecule has 0 fully saturated rings. The van der Waals surface area contributed by atoms with Crippen LogP contribution in [0.2, 0.25) is 0 Å². The van der Waals surface area contributed by atoms with Crippen LogP contribution in [0.3, 0.4) is 0 Å². The Labute approximate surface area is 269 Å². The zero-order valence-electron chi connectivity index (χ0n) is 28.1. The van der Waals surface area contributed by atoms with Gasteiger partial charge in [0.2, 0.25) is 0 Å². The Morgan fingerprint density at radius 3 is 1.73 bits per heavy atom. The van der Waals surface area contributed by atoms with Crippen LogP contribution in [-0.4, -0.2) is 66.3 Å². The van der Waals surface area contributed by atoms with Crippen LogP contribution in [0.1, 0.15) is 155 Å². The lowest BCUT2D eigenvalue weighted by atomic mass is 10.1. The van der Waals surface area contributed by atoms with Crippen LogP contribution >= 0.6 is 7.82 Å². The van der Waals surface area contributed by atoms with Crippen LogP contribution in [0.15, 0.2) is 12.2 Å². The molecule has 10 heteroatoms. The smallest absolute Gasteiger partial charge is 0.457 e. The predicted octanol–water partition coefficient (Wildman–Crippen LogP) is 8.58. The molecule has 3 N–H and O–H groups in total. The van der Waals surface area contributed by atoms with Gasteiger partial charge >= 0.3 is 13.8 Å². The van der Waals surface area contributed by atoms with Crippen molar-refractivity contribution >= 4 is 13.8 Å². The molecule has 0 aromatic heterocycles. The van der Waals surface area contributed by atoms with E-state index in [0.717, 1.165) is 44.9 Å². The second-order valence-corrected chi connectivity index (χ2v) is 13.3. The van der Waals surface area contributed by atoms with Gasteiger partial charge in [-0.05, 0) is 38.5 Å². The van der Waals surface area contributed by atoms with E-state index in [4.69, 9.17) is 23.6 Å². The summed E-state index contributed by atoms with van der Waals surface area (Å²) < 4.78 is 33.1. The summed E-state index contributed by atoms with van der Waals surface area (Å²) in [7, 11) is -4.50. The van der Waals surface area contributed by atoms with Crippen molar-refractivity contribution in [1.82, 2.24) is 0 Å². The van der Waals surface area contributed by atoms with Crippen molar-refractivity contribution in [3.8, 4) is 0 Å². The molecule has 0 aromatic carbocycles. The fraction of sp³-hybridized carbons (Fsp3) is 0.912. The Morgan fingerprint density at radius 1 is 0.682 bits per heavy atom. The van der Waals surface area contributed by atoms with Crippen LogP contribution < -0.4 is 0 Å². The highest BCUT2D eigenvalue weighted by molar-refractivity contribution is 7.47. The summed E-state index contributed by atoms with van der Waals surface area (Å²) in [6.07, 6.45) is 27.4. The van der Waals surface area contributed by atoms with Gasteiger partial charge < -0.3 is 24.6 Å². The number of unbranched alkanes of at least 4 members (excludes halogenated alkanes) is 18. The van der Waals surface area contributed by atoms with Gasteiger partial charge in [-0.2, -0.15) is 0 Å². The second kappa shape index (κ2) is 32.2. The molecular weight excluding hydrogens is 583 g/mol. The number of rotatable bonds is 34.